The van der Waals surface area contributed by atoms with Gasteiger partial charge in [-0.05, 0) is 43.7 Å². The van der Waals surface area contributed by atoms with Gasteiger partial charge in [-0.25, -0.2) is 8.42 Å². The molecule has 20 heavy (non-hydrogen) atoms. The van der Waals surface area contributed by atoms with Crippen LogP contribution < -0.4 is 10.1 Å². The zero-order valence-electron chi connectivity index (χ0n) is 12.3. The standard InChI is InChI=1S/C14H22ClNO3S/c1-5-16-13(10(2)20(4,17)18)9-11-8-12(15)6-7-14(11)19-3/h6-8,10,13,16H,5,9H2,1-4H3. The maximum absolute atomic E-state index is 11.8. The largest absolute Gasteiger partial charge is 0.496 e. The first kappa shape index (κ1) is 17.3. The third-order valence-corrected chi connectivity index (χ3v) is 5.30. The van der Waals surface area contributed by atoms with E-state index in [-0.39, 0.29) is 6.04 Å². The summed E-state index contributed by atoms with van der Waals surface area (Å²) < 4.78 is 28.8. The van der Waals surface area contributed by atoms with Crippen molar-refractivity contribution in [2.24, 2.45) is 0 Å². The van der Waals surface area contributed by atoms with Crippen molar-refractivity contribution in [3.63, 3.8) is 0 Å². The van der Waals surface area contributed by atoms with Gasteiger partial charge in [0.2, 0.25) is 0 Å². The molecule has 1 rings (SSSR count). The van der Waals surface area contributed by atoms with Crippen LogP contribution in [0.2, 0.25) is 5.02 Å². The van der Waals surface area contributed by atoms with E-state index in [1.165, 1.54) is 6.26 Å². The van der Waals surface area contributed by atoms with E-state index in [1.807, 2.05) is 13.0 Å². The van der Waals surface area contributed by atoms with Crippen molar-refractivity contribution in [2.75, 3.05) is 19.9 Å². The molecule has 0 aliphatic rings. The quantitative estimate of drug-likeness (QED) is 0.838. The van der Waals surface area contributed by atoms with Crippen LogP contribution in [0.1, 0.15) is 19.4 Å². The molecule has 0 heterocycles. The van der Waals surface area contributed by atoms with Crippen LogP contribution in [0.4, 0.5) is 0 Å². The Bertz CT molecular complexity index is 545. The molecular formula is C14H22ClNO3S. The summed E-state index contributed by atoms with van der Waals surface area (Å²) in [4.78, 5) is 0. The molecule has 0 aliphatic carbocycles. The Morgan fingerprint density at radius 2 is 2.05 bits per heavy atom. The molecule has 1 N–H and O–H groups in total. The van der Waals surface area contributed by atoms with Crippen molar-refractivity contribution in [1.82, 2.24) is 5.32 Å². The second-order valence-electron chi connectivity index (χ2n) is 4.86. The van der Waals surface area contributed by atoms with Gasteiger partial charge in [-0.15, -0.1) is 0 Å². The van der Waals surface area contributed by atoms with Gasteiger partial charge < -0.3 is 10.1 Å². The Kier molecular flexibility index (Phi) is 6.30. The molecule has 0 spiro atoms. The average Bonchev–Trinajstić information content (AvgIpc) is 2.36. The lowest BCUT2D eigenvalue weighted by Gasteiger charge is -2.24. The molecule has 2 unspecified atom stereocenters. The van der Waals surface area contributed by atoms with E-state index in [9.17, 15) is 8.42 Å². The summed E-state index contributed by atoms with van der Waals surface area (Å²) in [6.45, 7) is 4.38. The van der Waals surface area contributed by atoms with Gasteiger partial charge in [-0.2, -0.15) is 0 Å². The number of sulfone groups is 1. The van der Waals surface area contributed by atoms with Crippen molar-refractivity contribution < 1.29 is 13.2 Å². The summed E-state index contributed by atoms with van der Waals surface area (Å²) in [6.07, 6.45) is 1.81. The molecule has 0 aromatic heterocycles. The number of rotatable bonds is 7. The Hall–Kier alpha value is -0.780. The van der Waals surface area contributed by atoms with Crippen LogP contribution in [0.25, 0.3) is 0 Å². The predicted molar refractivity (Wildman–Crippen MR) is 83.5 cm³/mol. The number of likely N-dealkylation sites (N-methyl/N-ethyl adjacent to an activating group) is 1. The van der Waals surface area contributed by atoms with E-state index >= 15 is 0 Å². The molecule has 2 atom stereocenters. The van der Waals surface area contributed by atoms with E-state index < -0.39 is 15.1 Å². The molecule has 0 aliphatic heterocycles. The number of ether oxygens (including phenoxy) is 1. The lowest BCUT2D eigenvalue weighted by atomic mass is 10.0. The van der Waals surface area contributed by atoms with Gasteiger partial charge in [0.1, 0.15) is 5.75 Å². The Morgan fingerprint density at radius 1 is 1.40 bits per heavy atom. The Morgan fingerprint density at radius 3 is 2.55 bits per heavy atom. The van der Waals surface area contributed by atoms with E-state index in [0.29, 0.717) is 18.0 Å². The smallest absolute Gasteiger partial charge is 0.151 e. The monoisotopic (exact) mass is 319 g/mol. The lowest BCUT2D eigenvalue weighted by Crippen LogP contribution is -2.43. The average molecular weight is 320 g/mol. The van der Waals surface area contributed by atoms with Crippen molar-refractivity contribution in [2.45, 2.75) is 31.6 Å². The van der Waals surface area contributed by atoms with Gasteiger partial charge in [0.15, 0.2) is 9.84 Å². The van der Waals surface area contributed by atoms with Crippen LogP contribution in [0.5, 0.6) is 5.75 Å². The number of nitrogens with one attached hydrogen (secondary N) is 1. The minimum absolute atomic E-state index is 0.178. The Labute approximate surface area is 126 Å². The topological polar surface area (TPSA) is 55.4 Å². The van der Waals surface area contributed by atoms with Crippen molar-refractivity contribution in [3.05, 3.63) is 28.8 Å². The highest BCUT2D eigenvalue weighted by Crippen LogP contribution is 2.25. The maximum Gasteiger partial charge on any atom is 0.151 e. The molecule has 114 valence electrons. The minimum Gasteiger partial charge on any atom is -0.496 e. The fourth-order valence-electron chi connectivity index (χ4n) is 2.11. The third kappa shape index (κ3) is 4.65. The normalized spacial score (nSPS) is 14.8. The zero-order valence-corrected chi connectivity index (χ0v) is 13.9. The highest BCUT2D eigenvalue weighted by atomic mass is 35.5. The third-order valence-electron chi connectivity index (χ3n) is 3.39. The molecule has 6 heteroatoms. The molecular weight excluding hydrogens is 298 g/mol. The molecule has 0 saturated heterocycles. The fourth-order valence-corrected chi connectivity index (χ4v) is 3.09. The number of benzene rings is 1. The molecule has 4 nitrogen and oxygen atoms in total. The van der Waals surface area contributed by atoms with Crippen LogP contribution >= 0.6 is 11.6 Å². The summed E-state index contributed by atoms with van der Waals surface area (Å²) in [5, 5.41) is 3.36. The second kappa shape index (κ2) is 7.29. The summed E-state index contributed by atoms with van der Waals surface area (Å²) in [5.74, 6) is 0.720. The van der Waals surface area contributed by atoms with Gasteiger partial charge in [0.05, 0.1) is 12.4 Å². The molecule has 0 fully saturated rings. The molecule has 0 saturated carbocycles. The molecule has 1 aromatic rings. The molecule has 1 aromatic carbocycles. The van der Waals surface area contributed by atoms with Gasteiger partial charge in [-0.1, -0.05) is 18.5 Å². The fraction of sp³-hybridized carbons (Fsp3) is 0.571. The second-order valence-corrected chi connectivity index (χ2v) is 7.70. The van der Waals surface area contributed by atoms with Crippen LogP contribution in [-0.2, 0) is 16.3 Å². The van der Waals surface area contributed by atoms with Crippen LogP contribution in [0.3, 0.4) is 0 Å². The predicted octanol–water partition coefficient (Wildman–Crippen LogP) is 2.30. The summed E-state index contributed by atoms with van der Waals surface area (Å²) in [6, 6.07) is 5.19. The first-order valence-corrected chi connectivity index (χ1v) is 8.87. The van der Waals surface area contributed by atoms with Gasteiger partial charge >= 0.3 is 0 Å². The van der Waals surface area contributed by atoms with Crippen LogP contribution in [0, 0.1) is 0 Å². The van der Waals surface area contributed by atoms with Crippen molar-refractivity contribution in [1.29, 1.82) is 0 Å². The number of halogens is 1. The van der Waals surface area contributed by atoms with Crippen LogP contribution in [-0.4, -0.2) is 39.6 Å². The number of methoxy groups -OCH3 is 1. The van der Waals surface area contributed by atoms with Crippen molar-refractivity contribution in [3.8, 4) is 5.75 Å². The van der Waals surface area contributed by atoms with E-state index in [2.05, 4.69) is 5.32 Å². The summed E-state index contributed by atoms with van der Waals surface area (Å²) in [5.41, 5.74) is 0.904. The molecule has 0 amide bonds. The lowest BCUT2D eigenvalue weighted by molar-refractivity contribution is 0.404. The van der Waals surface area contributed by atoms with E-state index in [1.54, 1.807) is 26.2 Å². The minimum atomic E-state index is -3.11. The van der Waals surface area contributed by atoms with E-state index in [0.717, 1.165) is 11.3 Å². The Balaban J connectivity index is 3.04. The highest BCUT2D eigenvalue weighted by molar-refractivity contribution is 7.91. The summed E-state index contributed by atoms with van der Waals surface area (Å²) in [7, 11) is -1.52. The van der Waals surface area contributed by atoms with Gasteiger partial charge in [0.25, 0.3) is 0 Å². The highest BCUT2D eigenvalue weighted by Gasteiger charge is 2.26. The summed E-state index contributed by atoms with van der Waals surface area (Å²) >= 11 is 6.01. The molecule has 0 bridgehead atoms. The van der Waals surface area contributed by atoms with Crippen LogP contribution in [0.15, 0.2) is 18.2 Å². The van der Waals surface area contributed by atoms with E-state index in [4.69, 9.17) is 16.3 Å². The van der Waals surface area contributed by atoms with Gasteiger partial charge in [0, 0.05) is 17.3 Å². The molecule has 0 radical (unpaired) electrons. The number of hydrogen-bond acceptors (Lipinski definition) is 4. The van der Waals surface area contributed by atoms with Gasteiger partial charge in [-0.3, -0.25) is 0 Å². The zero-order chi connectivity index (χ0) is 15.3. The maximum atomic E-state index is 11.8. The SMILES string of the molecule is CCNC(Cc1cc(Cl)ccc1OC)C(C)S(C)(=O)=O. The first-order chi connectivity index (χ1) is 9.29. The number of hydrogen-bond donors (Lipinski definition) is 1. The first-order valence-electron chi connectivity index (χ1n) is 6.54. The van der Waals surface area contributed by atoms with Crippen molar-refractivity contribution >= 4 is 21.4 Å².